The van der Waals surface area contributed by atoms with Gasteiger partial charge in [0, 0.05) is 19.3 Å². The van der Waals surface area contributed by atoms with Crippen LogP contribution in [0.15, 0.2) is 0 Å². The Bertz CT molecular complexity index is 285. The highest BCUT2D eigenvalue weighted by molar-refractivity contribution is 5.68. The Hall–Kier alpha value is -0.570. The minimum absolute atomic E-state index is 0.0342. The van der Waals surface area contributed by atoms with Crippen molar-refractivity contribution in [2.45, 2.75) is 97.3 Å². The third-order valence-corrected chi connectivity index (χ3v) is 4.83. The van der Waals surface area contributed by atoms with Crippen molar-refractivity contribution in [1.29, 1.82) is 0 Å². The molecule has 0 unspecified atom stereocenters. The SMILES string of the molecule is CCCCCCCCCC(=O)O[N+]1(CCCCC)CCCC1. The molecule has 0 aromatic rings. The molecule has 0 radical (unpaired) electrons. The summed E-state index contributed by atoms with van der Waals surface area (Å²) in [6, 6.07) is 0. The van der Waals surface area contributed by atoms with Gasteiger partial charge in [0.15, 0.2) is 0 Å². The molecule has 0 amide bonds. The molecule has 0 aromatic carbocycles. The highest BCUT2D eigenvalue weighted by Crippen LogP contribution is 2.23. The van der Waals surface area contributed by atoms with Gasteiger partial charge in [-0.25, -0.2) is 4.79 Å². The molecule has 0 aromatic heterocycles. The average Bonchev–Trinajstić information content (AvgIpc) is 2.95. The number of carbonyl (C=O) groups excluding carboxylic acids is 1. The first kappa shape index (κ1) is 19.5. The third kappa shape index (κ3) is 8.17. The summed E-state index contributed by atoms with van der Waals surface area (Å²) in [7, 11) is 0. The number of rotatable bonds is 13. The van der Waals surface area contributed by atoms with Crippen LogP contribution >= 0.6 is 0 Å². The monoisotopic (exact) mass is 312 g/mol. The van der Waals surface area contributed by atoms with Gasteiger partial charge in [0.2, 0.25) is 0 Å². The lowest BCUT2D eigenvalue weighted by atomic mass is 10.1. The van der Waals surface area contributed by atoms with E-state index in [0.717, 1.165) is 26.1 Å². The van der Waals surface area contributed by atoms with Crippen molar-refractivity contribution in [3.8, 4) is 0 Å². The van der Waals surface area contributed by atoms with Crippen molar-refractivity contribution in [2.75, 3.05) is 19.6 Å². The summed E-state index contributed by atoms with van der Waals surface area (Å²) in [5, 5.41) is 0. The molecule has 22 heavy (non-hydrogen) atoms. The Kier molecular flexibility index (Phi) is 10.6. The van der Waals surface area contributed by atoms with Crippen molar-refractivity contribution >= 4 is 5.97 Å². The Morgan fingerprint density at radius 1 is 0.818 bits per heavy atom. The number of nitrogens with zero attached hydrogens (tertiary/aromatic N) is 1. The molecule has 3 heteroatoms. The van der Waals surface area contributed by atoms with Crippen LogP contribution in [0.5, 0.6) is 0 Å². The molecule has 0 N–H and O–H groups in total. The summed E-state index contributed by atoms with van der Waals surface area (Å²) in [5.74, 6) is 0.0342. The largest absolute Gasteiger partial charge is 0.366 e. The van der Waals surface area contributed by atoms with E-state index in [1.165, 1.54) is 70.6 Å². The number of likely N-dealkylation sites (tertiary alicyclic amines) is 1. The number of hydroxylamine groups is 3. The highest BCUT2D eigenvalue weighted by Gasteiger charge is 2.36. The molecule has 0 atom stereocenters. The topological polar surface area (TPSA) is 26.3 Å². The lowest BCUT2D eigenvalue weighted by Gasteiger charge is -2.30. The number of carbonyl (C=O) groups is 1. The fourth-order valence-corrected chi connectivity index (χ4v) is 3.41. The van der Waals surface area contributed by atoms with Gasteiger partial charge in [-0.3, -0.25) is 4.84 Å². The molecule has 1 aliphatic rings. The molecule has 3 nitrogen and oxygen atoms in total. The first-order valence-corrected chi connectivity index (χ1v) is 9.81. The van der Waals surface area contributed by atoms with Crippen LogP contribution < -0.4 is 0 Å². The van der Waals surface area contributed by atoms with E-state index in [2.05, 4.69) is 13.8 Å². The van der Waals surface area contributed by atoms with Crippen LogP contribution in [0.2, 0.25) is 0 Å². The summed E-state index contributed by atoms with van der Waals surface area (Å²) in [5.41, 5.74) is 0. The maximum absolute atomic E-state index is 12.1. The molecule has 0 bridgehead atoms. The summed E-state index contributed by atoms with van der Waals surface area (Å²) in [6.45, 7) is 7.56. The van der Waals surface area contributed by atoms with Gasteiger partial charge >= 0.3 is 5.97 Å². The molecule has 0 spiro atoms. The van der Waals surface area contributed by atoms with Crippen LogP contribution in [-0.4, -0.2) is 30.2 Å². The van der Waals surface area contributed by atoms with E-state index in [4.69, 9.17) is 4.84 Å². The quantitative estimate of drug-likeness (QED) is 0.337. The first-order chi connectivity index (χ1) is 10.7. The van der Waals surface area contributed by atoms with Crippen molar-refractivity contribution in [1.82, 2.24) is 0 Å². The number of quaternary nitrogens is 1. The summed E-state index contributed by atoms with van der Waals surface area (Å²) in [6.07, 6.45) is 15.4. The van der Waals surface area contributed by atoms with Gasteiger partial charge < -0.3 is 0 Å². The van der Waals surface area contributed by atoms with Crippen LogP contribution in [0, 0.1) is 0 Å². The predicted molar refractivity (Wildman–Crippen MR) is 92.3 cm³/mol. The Morgan fingerprint density at radius 2 is 1.36 bits per heavy atom. The zero-order valence-corrected chi connectivity index (χ0v) is 15.1. The van der Waals surface area contributed by atoms with E-state index >= 15 is 0 Å². The van der Waals surface area contributed by atoms with E-state index in [9.17, 15) is 4.79 Å². The average molecular weight is 313 g/mol. The molecule has 1 rings (SSSR count). The maximum atomic E-state index is 12.1. The standard InChI is InChI=1S/C19H38NO2/c1-3-5-7-8-9-10-11-15-19(21)22-20(16-12-6-4-2)17-13-14-18-20/h3-18H2,1-2H3/q+1. The molecular weight excluding hydrogens is 274 g/mol. The fourth-order valence-electron chi connectivity index (χ4n) is 3.41. The van der Waals surface area contributed by atoms with Gasteiger partial charge in [-0.1, -0.05) is 58.8 Å². The molecule has 130 valence electrons. The van der Waals surface area contributed by atoms with Crippen molar-refractivity contribution < 1.29 is 14.3 Å². The molecule has 0 saturated carbocycles. The zero-order valence-electron chi connectivity index (χ0n) is 15.1. The predicted octanol–water partition coefficient (Wildman–Crippen LogP) is 5.39. The van der Waals surface area contributed by atoms with Gasteiger partial charge in [0.05, 0.1) is 6.42 Å². The molecule has 1 saturated heterocycles. The second kappa shape index (κ2) is 11.9. The van der Waals surface area contributed by atoms with Crippen LogP contribution in [0.3, 0.4) is 0 Å². The Morgan fingerprint density at radius 3 is 2.00 bits per heavy atom. The second-order valence-electron chi connectivity index (χ2n) is 6.98. The van der Waals surface area contributed by atoms with E-state index < -0.39 is 0 Å². The third-order valence-electron chi connectivity index (χ3n) is 4.83. The first-order valence-electron chi connectivity index (χ1n) is 9.81. The van der Waals surface area contributed by atoms with E-state index in [1.807, 2.05) is 0 Å². The summed E-state index contributed by atoms with van der Waals surface area (Å²) < 4.78 is 0.620. The summed E-state index contributed by atoms with van der Waals surface area (Å²) in [4.78, 5) is 18.0. The fraction of sp³-hybridized carbons (Fsp3) is 0.947. The lowest BCUT2D eigenvalue weighted by Crippen LogP contribution is -2.47. The van der Waals surface area contributed by atoms with Crippen molar-refractivity contribution in [3.05, 3.63) is 0 Å². The van der Waals surface area contributed by atoms with Gasteiger partial charge in [-0.15, -0.1) is 4.65 Å². The van der Waals surface area contributed by atoms with Crippen LogP contribution in [0.4, 0.5) is 0 Å². The number of hydrogen-bond donors (Lipinski definition) is 0. The van der Waals surface area contributed by atoms with E-state index in [0.29, 0.717) is 11.1 Å². The van der Waals surface area contributed by atoms with Crippen LogP contribution in [0.25, 0.3) is 0 Å². The summed E-state index contributed by atoms with van der Waals surface area (Å²) >= 11 is 0. The van der Waals surface area contributed by atoms with Crippen molar-refractivity contribution in [3.63, 3.8) is 0 Å². The van der Waals surface area contributed by atoms with E-state index in [1.54, 1.807) is 0 Å². The Labute approximate surface area is 138 Å². The highest BCUT2D eigenvalue weighted by atomic mass is 16.7. The smallest absolute Gasteiger partial charge is 0.277 e. The molecule has 1 fully saturated rings. The molecular formula is C19H38NO2+. The minimum atomic E-state index is 0.0342. The van der Waals surface area contributed by atoms with Gasteiger partial charge in [-0.2, -0.15) is 0 Å². The maximum Gasteiger partial charge on any atom is 0.366 e. The minimum Gasteiger partial charge on any atom is -0.277 e. The van der Waals surface area contributed by atoms with Gasteiger partial charge in [0.1, 0.15) is 19.6 Å². The molecule has 1 heterocycles. The zero-order chi connectivity index (χ0) is 16.1. The number of unbranched alkanes of at least 4 members (excludes halogenated alkanes) is 8. The molecule has 1 aliphatic heterocycles. The van der Waals surface area contributed by atoms with Crippen LogP contribution in [-0.2, 0) is 9.63 Å². The second-order valence-corrected chi connectivity index (χ2v) is 6.98. The lowest BCUT2D eigenvalue weighted by molar-refractivity contribution is -1.08. The Balaban J connectivity index is 2.15. The van der Waals surface area contributed by atoms with E-state index in [-0.39, 0.29) is 5.97 Å². The van der Waals surface area contributed by atoms with Gasteiger partial charge in [0.25, 0.3) is 0 Å². The van der Waals surface area contributed by atoms with Crippen LogP contribution in [0.1, 0.15) is 97.3 Å². The number of hydrogen-bond acceptors (Lipinski definition) is 2. The van der Waals surface area contributed by atoms with Gasteiger partial charge in [-0.05, 0) is 12.8 Å². The normalized spacial score (nSPS) is 16.8. The molecule has 0 aliphatic carbocycles. The van der Waals surface area contributed by atoms with Crippen molar-refractivity contribution in [2.24, 2.45) is 0 Å².